The third kappa shape index (κ3) is 4.02. The van der Waals surface area contributed by atoms with Crippen molar-refractivity contribution < 1.29 is 9.84 Å². The van der Waals surface area contributed by atoms with Crippen LogP contribution >= 0.6 is 0 Å². The van der Waals surface area contributed by atoms with E-state index in [0.717, 1.165) is 16.9 Å². The molecule has 3 N–H and O–H groups in total. The van der Waals surface area contributed by atoms with Crippen LogP contribution in [0.25, 0.3) is 0 Å². The Kier molecular flexibility index (Phi) is 4.54. The molecule has 0 fully saturated rings. The Balaban J connectivity index is 2.73. The minimum absolute atomic E-state index is 0.0292. The fourth-order valence-corrected chi connectivity index (χ4v) is 1.45. The molecule has 0 spiro atoms. The predicted molar refractivity (Wildman–Crippen MR) is 70.2 cm³/mol. The van der Waals surface area contributed by atoms with Gasteiger partial charge in [0, 0.05) is 6.04 Å². The molecule has 0 heterocycles. The normalized spacial score (nSPS) is 16.4. The second-order valence-corrected chi connectivity index (χ2v) is 4.95. The number of nitrogens with two attached hydrogens (primary N) is 1. The summed E-state index contributed by atoms with van der Waals surface area (Å²) in [7, 11) is 0. The van der Waals surface area contributed by atoms with Crippen LogP contribution in [0.5, 0.6) is 5.75 Å². The Bertz CT molecular complexity index is 372. The molecule has 1 aromatic carbocycles. The van der Waals surface area contributed by atoms with Gasteiger partial charge in [-0.25, -0.2) is 0 Å². The molecule has 17 heavy (non-hydrogen) atoms. The SMILES string of the molecule is CCC(C)(O)COc1ccc([C@@H](C)N)cc1C. The largest absolute Gasteiger partial charge is 0.490 e. The maximum absolute atomic E-state index is 9.87. The van der Waals surface area contributed by atoms with Crippen molar-refractivity contribution in [3.8, 4) is 5.75 Å². The van der Waals surface area contributed by atoms with Crippen LogP contribution in [0.2, 0.25) is 0 Å². The lowest BCUT2D eigenvalue weighted by molar-refractivity contribution is 0.00827. The van der Waals surface area contributed by atoms with Gasteiger partial charge in [-0.1, -0.05) is 19.1 Å². The van der Waals surface area contributed by atoms with Crippen molar-refractivity contribution in [2.24, 2.45) is 5.73 Å². The van der Waals surface area contributed by atoms with Gasteiger partial charge in [0.1, 0.15) is 12.4 Å². The van der Waals surface area contributed by atoms with E-state index in [2.05, 4.69) is 0 Å². The number of aryl methyl sites for hydroxylation is 1. The summed E-state index contributed by atoms with van der Waals surface area (Å²) in [6, 6.07) is 5.94. The van der Waals surface area contributed by atoms with E-state index in [1.807, 2.05) is 39.0 Å². The first-order valence-corrected chi connectivity index (χ1v) is 6.07. The lowest BCUT2D eigenvalue weighted by Gasteiger charge is -2.22. The second-order valence-electron chi connectivity index (χ2n) is 4.95. The van der Waals surface area contributed by atoms with Gasteiger partial charge in [-0.2, -0.15) is 0 Å². The molecule has 3 nitrogen and oxygen atoms in total. The van der Waals surface area contributed by atoms with Crippen LogP contribution in [0.1, 0.15) is 44.4 Å². The van der Waals surface area contributed by atoms with Gasteiger partial charge in [0.15, 0.2) is 0 Å². The number of aliphatic hydroxyl groups is 1. The number of hydrogen-bond donors (Lipinski definition) is 2. The molecular weight excluding hydrogens is 214 g/mol. The van der Waals surface area contributed by atoms with Gasteiger partial charge in [0.25, 0.3) is 0 Å². The summed E-state index contributed by atoms with van der Waals surface area (Å²) in [5, 5.41) is 9.87. The first-order chi connectivity index (χ1) is 7.85. The van der Waals surface area contributed by atoms with Gasteiger partial charge < -0.3 is 15.6 Å². The Labute approximate surface area is 104 Å². The van der Waals surface area contributed by atoms with E-state index in [9.17, 15) is 5.11 Å². The van der Waals surface area contributed by atoms with Crippen molar-refractivity contribution in [1.29, 1.82) is 0 Å². The maximum atomic E-state index is 9.87. The fraction of sp³-hybridized carbons (Fsp3) is 0.571. The van der Waals surface area contributed by atoms with E-state index in [1.165, 1.54) is 0 Å². The maximum Gasteiger partial charge on any atom is 0.122 e. The first-order valence-electron chi connectivity index (χ1n) is 6.07. The number of hydrogen-bond acceptors (Lipinski definition) is 3. The highest BCUT2D eigenvalue weighted by molar-refractivity contribution is 5.37. The van der Waals surface area contributed by atoms with Crippen LogP contribution in [-0.2, 0) is 0 Å². The van der Waals surface area contributed by atoms with Crippen molar-refractivity contribution in [3.63, 3.8) is 0 Å². The van der Waals surface area contributed by atoms with Gasteiger partial charge in [-0.05, 0) is 44.4 Å². The first kappa shape index (κ1) is 14.0. The van der Waals surface area contributed by atoms with E-state index in [4.69, 9.17) is 10.5 Å². The fourth-order valence-electron chi connectivity index (χ4n) is 1.45. The van der Waals surface area contributed by atoms with Gasteiger partial charge >= 0.3 is 0 Å². The predicted octanol–water partition coefficient (Wildman–Crippen LogP) is 2.55. The van der Waals surface area contributed by atoms with Crippen molar-refractivity contribution in [2.45, 2.75) is 45.8 Å². The molecule has 0 saturated carbocycles. The average Bonchev–Trinajstić information content (AvgIpc) is 2.27. The number of rotatable bonds is 5. The van der Waals surface area contributed by atoms with Gasteiger partial charge in [-0.3, -0.25) is 0 Å². The van der Waals surface area contributed by atoms with Crippen molar-refractivity contribution in [1.82, 2.24) is 0 Å². The summed E-state index contributed by atoms with van der Waals surface area (Å²) in [6.45, 7) is 7.97. The number of ether oxygens (including phenoxy) is 1. The summed E-state index contributed by atoms with van der Waals surface area (Å²) in [5.74, 6) is 0.808. The van der Waals surface area contributed by atoms with Crippen LogP contribution in [0.3, 0.4) is 0 Å². The van der Waals surface area contributed by atoms with Gasteiger partial charge in [0.05, 0.1) is 5.60 Å². The third-order valence-electron chi connectivity index (χ3n) is 3.03. The monoisotopic (exact) mass is 237 g/mol. The molecule has 96 valence electrons. The zero-order valence-corrected chi connectivity index (χ0v) is 11.2. The Morgan fingerprint density at radius 2 is 2.12 bits per heavy atom. The minimum Gasteiger partial charge on any atom is -0.490 e. The summed E-state index contributed by atoms with van der Waals surface area (Å²) in [4.78, 5) is 0. The Morgan fingerprint density at radius 1 is 1.47 bits per heavy atom. The average molecular weight is 237 g/mol. The lowest BCUT2D eigenvalue weighted by atomic mass is 10.0. The summed E-state index contributed by atoms with van der Waals surface area (Å²) in [6.07, 6.45) is 0.671. The Morgan fingerprint density at radius 3 is 2.59 bits per heavy atom. The zero-order valence-electron chi connectivity index (χ0n) is 11.2. The van der Waals surface area contributed by atoms with E-state index in [1.54, 1.807) is 6.92 Å². The molecule has 0 bridgehead atoms. The molecule has 0 saturated heterocycles. The summed E-state index contributed by atoms with van der Waals surface area (Å²) < 4.78 is 5.64. The second kappa shape index (κ2) is 5.52. The molecule has 0 aliphatic heterocycles. The highest BCUT2D eigenvalue weighted by Gasteiger charge is 2.18. The van der Waals surface area contributed by atoms with Crippen molar-refractivity contribution in [2.75, 3.05) is 6.61 Å². The highest BCUT2D eigenvalue weighted by Crippen LogP contribution is 2.23. The third-order valence-corrected chi connectivity index (χ3v) is 3.03. The minimum atomic E-state index is -0.772. The molecule has 1 rings (SSSR count). The van der Waals surface area contributed by atoms with Crippen LogP contribution < -0.4 is 10.5 Å². The van der Waals surface area contributed by atoms with E-state index >= 15 is 0 Å². The molecule has 1 aromatic rings. The molecule has 0 aliphatic carbocycles. The van der Waals surface area contributed by atoms with Gasteiger partial charge in [0.2, 0.25) is 0 Å². The molecule has 0 aliphatic rings. The molecule has 0 aromatic heterocycles. The van der Waals surface area contributed by atoms with Crippen LogP contribution in [0.4, 0.5) is 0 Å². The highest BCUT2D eigenvalue weighted by atomic mass is 16.5. The molecule has 3 heteroatoms. The smallest absolute Gasteiger partial charge is 0.122 e. The topological polar surface area (TPSA) is 55.5 Å². The summed E-state index contributed by atoms with van der Waals surface area (Å²) >= 11 is 0. The van der Waals surface area contributed by atoms with E-state index in [-0.39, 0.29) is 6.04 Å². The van der Waals surface area contributed by atoms with Crippen molar-refractivity contribution >= 4 is 0 Å². The van der Waals surface area contributed by atoms with Gasteiger partial charge in [-0.15, -0.1) is 0 Å². The van der Waals surface area contributed by atoms with E-state index in [0.29, 0.717) is 13.0 Å². The van der Waals surface area contributed by atoms with Crippen LogP contribution in [-0.4, -0.2) is 17.3 Å². The lowest BCUT2D eigenvalue weighted by Crippen LogP contribution is -2.31. The van der Waals surface area contributed by atoms with Crippen LogP contribution in [0.15, 0.2) is 18.2 Å². The summed E-state index contributed by atoms with van der Waals surface area (Å²) in [5.41, 5.74) is 7.19. The van der Waals surface area contributed by atoms with E-state index < -0.39 is 5.60 Å². The molecule has 1 unspecified atom stereocenters. The van der Waals surface area contributed by atoms with Crippen LogP contribution in [0, 0.1) is 6.92 Å². The molecule has 0 amide bonds. The quantitative estimate of drug-likeness (QED) is 0.827. The standard InChI is InChI=1S/C14H23NO2/c1-5-14(4,16)9-17-13-7-6-12(11(3)15)8-10(13)2/h6-8,11,16H,5,9,15H2,1-4H3/t11-,14?/m1/s1. The molecule has 2 atom stereocenters. The van der Waals surface area contributed by atoms with Crippen molar-refractivity contribution in [3.05, 3.63) is 29.3 Å². The molecule has 0 radical (unpaired) electrons. The zero-order chi connectivity index (χ0) is 13.1. The molecular formula is C14H23NO2. The number of benzene rings is 1. The Hall–Kier alpha value is -1.06.